The zero-order chi connectivity index (χ0) is 20.9. The molecule has 4 aromatic rings. The molecule has 3 heterocycles. The number of carbonyl (C=O) groups excluding carboxylic acids is 1. The van der Waals surface area contributed by atoms with Crippen LogP contribution in [0.2, 0.25) is 0 Å². The average Bonchev–Trinajstić information content (AvgIpc) is 3.36. The van der Waals surface area contributed by atoms with E-state index in [1.165, 1.54) is 11.8 Å². The number of furan rings is 1. The van der Waals surface area contributed by atoms with Crippen molar-refractivity contribution in [2.45, 2.75) is 25.3 Å². The first-order chi connectivity index (χ1) is 14.6. The second-order valence-electron chi connectivity index (χ2n) is 6.91. The van der Waals surface area contributed by atoms with Gasteiger partial charge in [0.05, 0.1) is 30.3 Å². The second kappa shape index (κ2) is 9.00. The van der Waals surface area contributed by atoms with Crippen LogP contribution >= 0.6 is 11.8 Å². The van der Waals surface area contributed by atoms with Gasteiger partial charge in [0.15, 0.2) is 0 Å². The third-order valence-corrected chi connectivity index (χ3v) is 5.90. The standard InChI is InChI=1S/C23H22N4O2S/c1-16-12-19(17(2)27(16)14-20-8-5-11-29-20)13-25-26-22(28)15-30-21-9-3-6-18-7-4-10-24-23(18)21/h3-13H,14-15H2,1-2H3,(H,26,28)/b25-13-. The molecule has 0 spiro atoms. The Morgan fingerprint density at radius 2 is 2.10 bits per heavy atom. The van der Waals surface area contributed by atoms with Crippen LogP contribution in [0.1, 0.15) is 22.7 Å². The molecule has 1 amide bonds. The van der Waals surface area contributed by atoms with Crippen LogP contribution in [0.25, 0.3) is 10.9 Å². The molecule has 0 saturated carbocycles. The Bertz CT molecular complexity index is 1190. The molecule has 152 valence electrons. The highest BCUT2D eigenvalue weighted by molar-refractivity contribution is 8.00. The van der Waals surface area contributed by atoms with E-state index in [4.69, 9.17) is 4.42 Å². The number of hydrogen-bond acceptors (Lipinski definition) is 5. The minimum Gasteiger partial charge on any atom is -0.467 e. The number of rotatable bonds is 7. The predicted octanol–water partition coefficient (Wildman–Crippen LogP) is 4.54. The van der Waals surface area contributed by atoms with Crippen molar-refractivity contribution < 1.29 is 9.21 Å². The van der Waals surface area contributed by atoms with E-state index in [2.05, 4.69) is 20.1 Å². The van der Waals surface area contributed by atoms with Gasteiger partial charge in [0.2, 0.25) is 5.91 Å². The maximum absolute atomic E-state index is 12.2. The van der Waals surface area contributed by atoms with Crippen molar-refractivity contribution in [3.8, 4) is 0 Å². The summed E-state index contributed by atoms with van der Waals surface area (Å²) < 4.78 is 7.60. The Hall–Kier alpha value is -3.32. The van der Waals surface area contributed by atoms with E-state index >= 15 is 0 Å². The quantitative estimate of drug-likeness (QED) is 0.272. The molecule has 0 aliphatic rings. The second-order valence-corrected chi connectivity index (χ2v) is 7.92. The fourth-order valence-corrected chi connectivity index (χ4v) is 4.14. The van der Waals surface area contributed by atoms with Crippen molar-refractivity contribution in [2.24, 2.45) is 5.10 Å². The van der Waals surface area contributed by atoms with Crippen LogP contribution in [0.4, 0.5) is 0 Å². The smallest absolute Gasteiger partial charge is 0.250 e. The average molecular weight is 419 g/mol. The lowest BCUT2D eigenvalue weighted by Gasteiger charge is -2.07. The molecule has 6 nitrogen and oxygen atoms in total. The Morgan fingerprint density at radius 3 is 2.93 bits per heavy atom. The maximum atomic E-state index is 12.2. The minimum atomic E-state index is -0.159. The molecule has 0 unspecified atom stereocenters. The maximum Gasteiger partial charge on any atom is 0.250 e. The Morgan fingerprint density at radius 1 is 1.23 bits per heavy atom. The van der Waals surface area contributed by atoms with Gasteiger partial charge < -0.3 is 8.98 Å². The number of aromatic nitrogens is 2. The summed E-state index contributed by atoms with van der Waals surface area (Å²) >= 11 is 1.45. The van der Waals surface area contributed by atoms with Gasteiger partial charge in [0.25, 0.3) is 0 Å². The number of hydrogen-bond donors (Lipinski definition) is 1. The van der Waals surface area contributed by atoms with Crippen LogP contribution in [-0.4, -0.2) is 27.4 Å². The van der Waals surface area contributed by atoms with E-state index in [9.17, 15) is 4.79 Å². The highest BCUT2D eigenvalue weighted by Gasteiger charge is 2.10. The summed E-state index contributed by atoms with van der Waals surface area (Å²) in [6, 6.07) is 15.8. The van der Waals surface area contributed by atoms with Crippen molar-refractivity contribution >= 4 is 34.8 Å². The Labute approximate surface area is 179 Å². The highest BCUT2D eigenvalue weighted by Crippen LogP contribution is 2.25. The number of carbonyl (C=O) groups is 1. The van der Waals surface area contributed by atoms with Gasteiger partial charge in [-0.3, -0.25) is 9.78 Å². The molecule has 30 heavy (non-hydrogen) atoms. The van der Waals surface area contributed by atoms with Crippen molar-refractivity contribution in [1.29, 1.82) is 0 Å². The van der Waals surface area contributed by atoms with Crippen LogP contribution < -0.4 is 5.43 Å². The summed E-state index contributed by atoms with van der Waals surface area (Å²) in [5.74, 6) is 1.01. The summed E-state index contributed by atoms with van der Waals surface area (Å²) in [6.45, 7) is 4.74. The zero-order valence-corrected chi connectivity index (χ0v) is 17.6. The van der Waals surface area contributed by atoms with Gasteiger partial charge in [-0.2, -0.15) is 5.10 Å². The van der Waals surface area contributed by atoms with Gasteiger partial charge in [0, 0.05) is 33.4 Å². The number of benzene rings is 1. The summed E-state index contributed by atoms with van der Waals surface area (Å²) in [4.78, 5) is 17.6. The van der Waals surface area contributed by atoms with Crippen molar-refractivity contribution in [3.05, 3.63) is 83.7 Å². The Kier molecular flexibility index (Phi) is 5.99. The molecule has 0 atom stereocenters. The molecule has 4 rings (SSSR count). The molecular formula is C23H22N4O2S. The van der Waals surface area contributed by atoms with Crippen LogP contribution in [-0.2, 0) is 11.3 Å². The normalized spacial score (nSPS) is 11.4. The molecule has 0 saturated heterocycles. The molecule has 0 radical (unpaired) electrons. The first-order valence-corrected chi connectivity index (χ1v) is 10.6. The molecule has 3 aromatic heterocycles. The van der Waals surface area contributed by atoms with Gasteiger partial charge in [-0.15, -0.1) is 11.8 Å². The summed E-state index contributed by atoms with van der Waals surface area (Å²) in [5, 5.41) is 5.20. The Balaban J connectivity index is 1.36. The first-order valence-electron chi connectivity index (χ1n) is 9.59. The van der Waals surface area contributed by atoms with Gasteiger partial charge in [-0.25, -0.2) is 5.43 Å². The lowest BCUT2D eigenvalue weighted by atomic mass is 10.2. The predicted molar refractivity (Wildman–Crippen MR) is 120 cm³/mol. The van der Waals surface area contributed by atoms with Crippen LogP contribution in [0.5, 0.6) is 0 Å². The molecular weight excluding hydrogens is 396 g/mol. The largest absolute Gasteiger partial charge is 0.467 e. The van der Waals surface area contributed by atoms with Gasteiger partial charge in [-0.1, -0.05) is 18.2 Å². The van der Waals surface area contributed by atoms with E-state index < -0.39 is 0 Å². The molecule has 0 bridgehead atoms. The van der Waals surface area contributed by atoms with Crippen molar-refractivity contribution in [3.63, 3.8) is 0 Å². The lowest BCUT2D eigenvalue weighted by molar-refractivity contribution is -0.118. The van der Waals surface area contributed by atoms with E-state index in [-0.39, 0.29) is 11.7 Å². The number of nitrogens with zero attached hydrogens (tertiary/aromatic N) is 3. The number of fused-ring (bicyclic) bond motifs is 1. The molecule has 7 heteroatoms. The number of hydrazone groups is 1. The number of pyridine rings is 1. The van der Waals surface area contributed by atoms with Crippen molar-refractivity contribution in [1.82, 2.24) is 15.0 Å². The molecule has 0 fully saturated rings. The molecule has 0 aliphatic heterocycles. The van der Waals surface area contributed by atoms with E-state index in [1.54, 1.807) is 18.7 Å². The van der Waals surface area contributed by atoms with Gasteiger partial charge in [0.1, 0.15) is 5.76 Å². The van der Waals surface area contributed by atoms with Crippen LogP contribution in [0, 0.1) is 13.8 Å². The summed E-state index contributed by atoms with van der Waals surface area (Å²) in [7, 11) is 0. The summed E-state index contributed by atoms with van der Waals surface area (Å²) in [6.07, 6.45) is 5.12. The zero-order valence-electron chi connectivity index (χ0n) is 16.8. The molecule has 1 N–H and O–H groups in total. The fourth-order valence-electron chi connectivity index (χ4n) is 3.30. The number of thioether (sulfide) groups is 1. The van der Waals surface area contributed by atoms with E-state index in [1.807, 2.05) is 62.4 Å². The minimum absolute atomic E-state index is 0.159. The number of aryl methyl sites for hydroxylation is 1. The monoisotopic (exact) mass is 418 g/mol. The lowest BCUT2D eigenvalue weighted by Crippen LogP contribution is -2.19. The van der Waals surface area contributed by atoms with E-state index in [0.717, 1.165) is 38.5 Å². The fraction of sp³-hybridized carbons (Fsp3) is 0.174. The number of nitrogens with one attached hydrogen (secondary N) is 1. The summed E-state index contributed by atoms with van der Waals surface area (Å²) in [5.41, 5.74) is 6.66. The van der Waals surface area contributed by atoms with Crippen molar-refractivity contribution in [2.75, 3.05) is 5.75 Å². The van der Waals surface area contributed by atoms with Crippen LogP contribution in [0.15, 0.2) is 75.4 Å². The highest BCUT2D eigenvalue weighted by atomic mass is 32.2. The van der Waals surface area contributed by atoms with Gasteiger partial charge in [-0.05, 0) is 44.2 Å². The van der Waals surface area contributed by atoms with E-state index in [0.29, 0.717) is 6.54 Å². The third kappa shape index (κ3) is 4.46. The molecule has 0 aliphatic carbocycles. The number of amides is 1. The van der Waals surface area contributed by atoms with Crippen LogP contribution in [0.3, 0.4) is 0 Å². The third-order valence-electron chi connectivity index (χ3n) is 4.85. The first kappa shape index (κ1) is 20.0. The topological polar surface area (TPSA) is 72.4 Å². The van der Waals surface area contributed by atoms with Gasteiger partial charge >= 0.3 is 0 Å². The molecule has 1 aromatic carbocycles. The number of para-hydroxylation sites is 1. The SMILES string of the molecule is Cc1cc(/C=N\NC(=O)CSc2cccc3cccnc23)c(C)n1Cc1ccco1.